The van der Waals surface area contributed by atoms with Crippen molar-refractivity contribution in [1.82, 2.24) is 4.90 Å². The molecule has 1 aromatic heterocycles. The second kappa shape index (κ2) is 7.26. The average Bonchev–Trinajstić information content (AvgIpc) is 3.21. The Balaban J connectivity index is 1.33. The van der Waals surface area contributed by atoms with Gasteiger partial charge in [0.1, 0.15) is 11.3 Å². The van der Waals surface area contributed by atoms with Crippen LogP contribution in [-0.4, -0.2) is 48.0 Å². The summed E-state index contributed by atoms with van der Waals surface area (Å²) >= 11 is 0. The summed E-state index contributed by atoms with van der Waals surface area (Å²) in [5.74, 6) is 1.00. The van der Waals surface area contributed by atoms with Crippen LogP contribution in [0.3, 0.4) is 0 Å². The summed E-state index contributed by atoms with van der Waals surface area (Å²) in [6.07, 6.45) is 6.74. The van der Waals surface area contributed by atoms with Gasteiger partial charge in [-0.1, -0.05) is 31.0 Å². The van der Waals surface area contributed by atoms with Crippen LogP contribution in [-0.2, 0) is 11.2 Å². The zero-order valence-corrected chi connectivity index (χ0v) is 14.2. The minimum Gasteiger partial charge on any atom is -0.461 e. The lowest BCUT2D eigenvalue weighted by atomic mass is 9.91. The first-order valence-corrected chi connectivity index (χ1v) is 9.31. The predicted molar refractivity (Wildman–Crippen MR) is 94.1 cm³/mol. The first-order chi connectivity index (χ1) is 11.8. The van der Waals surface area contributed by atoms with Gasteiger partial charge in [0.2, 0.25) is 0 Å². The number of furan rings is 1. The summed E-state index contributed by atoms with van der Waals surface area (Å²) in [4.78, 5) is 2.44. The van der Waals surface area contributed by atoms with Crippen LogP contribution in [0.1, 0.15) is 37.9 Å². The highest BCUT2D eigenvalue weighted by Gasteiger charge is 2.34. The molecule has 2 aromatic rings. The van der Waals surface area contributed by atoms with Crippen LogP contribution in [0.5, 0.6) is 0 Å². The number of hydrogen-bond donors (Lipinski definition) is 1. The van der Waals surface area contributed by atoms with E-state index >= 15 is 0 Å². The highest BCUT2D eigenvalue weighted by Crippen LogP contribution is 2.28. The second-order valence-corrected chi connectivity index (χ2v) is 7.20. The maximum absolute atomic E-state index is 9.82. The Labute approximate surface area is 143 Å². The maximum atomic E-state index is 9.82. The molecule has 4 nitrogen and oxygen atoms in total. The molecule has 4 heteroatoms. The molecular formula is C20H27NO3. The number of aliphatic hydroxyl groups excluding tert-OH is 1. The monoisotopic (exact) mass is 329 g/mol. The van der Waals surface area contributed by atoms with E-state index in [1.165, 1.54) is 19.3 Å². The molecule has 0 radical (unpaired) electrons. The van der Waals surface area contributed by atoms with Gasteiger partial charge in [-0.25, -0.2) is 0 Å². The van der Waals surface area contributed by atoms with Crippen molar-refractivity contribution in [3.05, 3.63) is 36.1 Å². The lowest BCUT2D eigenvalue weighted by Gasteiger charge is -2.37. The first kappa shape index (κ1) is 16.1. The molecule has 1 N–H and O–H groups in total. The maximum Gasteiger partial charge on any atom is 0.134 e. The summed E-state index contributed by atoms with van der Waals surface area (Å²) in [7, 11) is 0. The third kappa shape index (κ3) is 3.51. The van der Waals surface area contributed by atoms with Gasteiger partial charge in [-0.2, -0.15) is 0 Å². The van der Waals surface area contributed by atoms with Crippen molar-refractivity contribution in [1.29, 1.82) is 0 Å². The summed E-state index contributed by atoms with van der Waals surface area (Å²) in [6, 6.07) is 10.7. The van der Waals surface area contributed by atoms with Gasteiger partial charge in [0.15, 0.2) is 0 Å². The second-order valence-electron chi connectivity index (χ2n) is 7.20. The number of rotatable bonds is 5. The Hall–Kier alpha value is -1.36. The van der Waals surface area contributed by atoms with Crippen molar-refractivity contribution in [2.75, 3.05) is 19.7 Å². The van der Waals surface area contributed by atoms with Crippen LogP contribution in [0.2, 0.25) is 0 Å². The largest absolute Gasteiger partial charge is 0.461 e. The number of aliphatic hydroxyl groups is 1. The van der Waals surface area contributed by atoms with Crippen LogP contribution in [0, 0.1) is 0 Å². The quantitative estimate of drug-likeness (QED) is 0.913. The van der Waals surface area contributed by atoms with Gasteiger partial charge in [-0.15, -0.1) is 0 Å². The first-order valence-electron chi connectivity index (χ1n) is 9.31. The van der Waals surface area contributed by atoms with Gasteiger partial charge >= 0.3 is 0 Å². The normalized spacial score (nSPS) is 28.6. The molecule has 4 rings (SSSR count). The van der Waals surface area contributed by atoms with Gasteiger partial charge in [-0.05, 0) is 31.4 Å². The third-order valence-electron chi connectivity index (χ3n) is 5.49. The molecule has 24 heavy (non-hydrogen) atoms. The Bertz CT molecular complexity index is 635. The molecule has 1 aliphatic carbocycles. The Morgan fingerprint density at radius 2 is 2.04 bits per heavy atom. The molecule has 1 aromatic carbocycles. The van der Waals surface area contributed by atoms with Crippen LogP contribution in [0.15, 0.2) is 34.7 Å². The van der Waals surface area contributed by atoms with E-state index < -0.39 is 0 Å². The fourth-order valence-corrected chi connectivity index (χ4v) is 4.23. The topological polar surface area (TPSA) is 45.8 Å². The van der Waals surface area contributed by atoms with E-state index in [4.69, 9.17) is 9.15 Å². The highest BCUT2D eigenvalue weighted by atomic mass is 16.5. The standard InChI is InChI=1S/C20H27NO3/c22-16-9-11-21(14-16)18-6-2-4-8-20(18)23-12-10-17-13-15-5-1-3-7-19(15)24-17/h1,3,5,7,13,16,18,20,22H,2,4,6,8-12,14H2/t16?,18-,20-/m0/s1. The number of benzene rings is 1. The molecule has 1 aliphatic heterocycles. The molecule has 0 spiro atoms. The predicted octanol–water partition coefficient (Wildman–Crippen LogP) is 3.37. The molecule has 130 valence electrons. The fraction of sp³-hybridized carbons (Fsp3) is 0.600. The molecule has 2 aliphatic rings. The van der Waals surface area contributed by atoms with Crippen molar-refractivity contribution in [2.45, 2.75) is 56.8 Å². The van der Waals surface area contributed by atoms with E-state index in [9.17, 15) is 5.11 Å². The molecule has 2 heterocycles. The summed E-state index contributed by atoms with van der Waals surface area (Å²) in [5.41, 5.74) is 0.953. The molecule has 3 atom stereocenters. The number of hydrogen-bond acceptors (Lipinski definition) is 4. The fourth-order valence-electron chi connectivity index (χ4n) is 4.23. The summed E-state index contributed by atoms with van der Waals surface area (Å²) in [6.45, 7) is 2.53. The van der Waals surface area contributed by atoms with Crippen LogP contribution in [0.4, 0.5) is 0 Å². The Morgan fingerprint density at radius 1 is 1.17 bits per heavy atom. The smallest absolute Gasteiger partial charge is 0.134 e. The van der Waals surface area contributed by atoms with E-state index in [1.54, 1.807) is 0 Å². The van der Waals surface area contributed by atoms with Gasteiger partial charge in [-0.3, -0.25) is 4.90 Å². The Kier molecular flexibility index (Phi) is 4.88. The van der Waals surface area contributed by atoms with Crippen molar-refractivity contribution >= 4 is 11.0 Å². The van der Waals surface area contributed by atoms with Crippen LogP contribution in [0.25, 0.3) is 11.0 Å². The van der Waals surface area contributed by atoms with Crippen molar-refractivity contribution in [2.24, 2.45) is 0 Å². The lowest BCUT2D eigenvalue weighted by Crippen LogP contribution is -2.46. The SMILES string of the molecule is OC1CCN([C@H]2CCCC[C@@H]2OCCc2cc3ccccc3o2)C1. The number of nitrogens with zero attached hydrogens (tertiary/aromatic N) is 1. The molecular weight excluding hydrogens is 302 g/mol. The van der Waals surface area contributed by atoms with Gasteiger partial charge in [0.25, 0.3) is 0 Å². The van der Waals surface area contributed by atoms with Crippen molar-refractivity contribution in [3.8, 4) is 0 Å². The van der Waals surface area contributed by atoms with Gasteiger partial charge < -0.3 is 14.3 Å². The van der Waals surface area contributed by atoms with Crippen molar-refractivity contribution < 1.29 is 14.3 Å². The van der Waals surface area contributed by atoms with Crippen molar-refractivity contribution in [3.63, 3.8) is 0 Å². The molecule has 0 amide bonds. The number of para-hydroxylation sites is 1. The number of fused-ring (bicyclic) bond motifs is 1. The van der Waals surface area contributed by atoms with Crippen LogP contribution >= 0.6 is 0 Å². The highest BCUT2D eigenvalue weighted by molar-refractivity contribution is 5.77. The lowest BCUT2D eigenvalue weighted by molar-refractivity contribution is -0.0324. The van der Waals surface area contributed by atoms with E-state index in [0.717, 1.165) is 49.1 Å². The van der Waals surface area contributed by atoms with Gasteiger partial charge in [0, 0.05) is 30.9 Å². The van der Waals surface area contributed by atoms with Gasteiger partial charge in [0.05, 0.1) is 18.8 Å². The molecule has 1 saturated carbocycles. The zero-order chi connectivity index (χ0) is 16.4. The molecule has 1 unspecified atom stereocenters. The molecule has 0 bridgehead atoms. The summed E-state index contributed by atoms with van der Waals surface area (Å²) < 4.78 is 12.1. The van der Waals surface area contributed by atoms with Crippen LogP contribution < -0.4 is 0 Å². The summed E-state index contributed by atoms with van der Waals surface area (Å²) in [5, 5.41) is 11.0. The van der Waals surface area contributed by atoms with E-state index in [2.05, 4.69) is 17.0 Å². The number of β-amino-alcohol motifs (C(OH)–C–C–N with tert-alkyl or cyclic N) is 1. The molecule has 1 saturated heterocycles. The van der Waals surface area contributed by atoms with E-state index in [0.29, 0.717) is 18.8 Å². The minimum absolute atomic E-state index is 0.150. The zero-order valence-electron chi connectivity index (χ0n) is 14.2. The van der Waals surface area contributed by atoms with E-state index in [-0.39, 0.29) is 6.10 Å². The third-order valence-corrected chi connectivity index (χ3v) is 5.49. The number of ether oxygens (including phenoxy) is 1. The van der Waals surface area contributed by atoms with E-state index in [1.807, 2.05) is 18.2 Å². The Morgan fingerprint density at radius 3 is 2.88 bits per heavy atom. The average molecular weight is 329 g/mol. The number of likely N-dealkylation sites (tertiary alicyclic amines) is 1. The minimum atomic E-state index is -0.150. The molecule has 2 fully saturated rings.